The van der Waals surface area contributed by atoms with Gasteiger partial charge in [0.1, 0.15) is 5.76 Å². The highest BCUT2D eigenvalue weighted by Gasteiger charge is 2.24. The zero-order valence-electron chi connectivity index (χ0n) is 16.3. The van der Waals surface area contributed by atoms with E-state index in [0.29, 0.717) is 12.8 Å². The van der Waals surface area contributed by atoms with E-state index in [0.717, 1.165) is 43.5 Å². The Morgan fingerprint density at radius 2 is 1.77 bits per heavy atom. The van der Waals surface area contributed by atoms with E-state index in [1.807, 2.05) is 17.9 Å². The number of para-hydroxylation sites is 1. The Kier molecular flexibility index (Phi) is 5.35. The lowest BCUT2D eigenvalue weighted by Crippen LogP contribution is -2.48. The van der Waals surface area contributed by atoms with Crippen LogP contribution >= 0.6 is 0 Å². The average molecular weight is 355 g/mol. The molecule has 1 aromatic heterocycles. The molecule has 1 saturated heterocycles. The Balaban J connectivity index is 1.51. The summed E-state index contributed by atoms with van der Waals surface area (Å²) in [5.74, 6) is 1.78. The second kappa shape index (κ2) is 7.52. The van der Waals surface area contributed by atoms with Gasteiger partial charge in [-0.25, -0.2) is 4.98 Å². The number of benzene rings is 1. The molecule has 0 spiro atoms. The molecule has 1 aliphatic heterocycles. The third kappa shape index (κ3) is 4.26. The summed E-state index contributed by atoms with van der Waals surface area (Å²) in [7, 11) is 0. The Labute approximate surface area is 156 Å². The summed E-state index contributed by atoms with van der Waals surface area (Å²) in [5, 5.41) is 0. The SMILES string of the molecule is Cc1nc(C(C)(C)C)oc1CCC(=O)N1CCN(c2ccccc2)CC1. The van der Waals surface area contributed by atoms with Gasteiger partial charge in [-0.15, -0.1) is 0 Å². The van der Waals surface area contributed by atoms with Crippen molar-refractivity contribution >= 4 is 11.6 Å². The smallest absolute Gasteiger partial charge is 0.223 e. The summed E-state index contributed by atoms with van der Waals surface area (Å²) < 4.78 is 5.90. The lowest BCUT2D eigenvalue weighted by atomic mass is 9.97. The van der Waals surface area contributed by atoms with E-state index in [4.69, 9.17) is 4.42 Å². The first-order valence-corrected chi connectivity index (χ1v) is 9.39. The second-order valence-corrected chi connectivity index (χ2v) is 7.98. The largest absolute Gasteiger partial charge is 0.445 e. The van der Waals surface area contributed by atoms with Crippen molar-refractivity contribution in [3.05, 3.63) is 47.7 Å². The monoisotopic (exact) mass is 355 g/mol. The molecule has 2 heterocycles. The van der Waals surface area contributed by atoms with Crippen molar-refractivity contribution < 1.29 is 9.21 Å². The summed E-state index contributed by atoms with van der Waals surface area (Å²) in [6.07, 6.45) is 1.09. The van der Waals surface area contributed by atoms with E-state index in [1.54, 1.807) is 0 Å². The summed E-state index contributed by atoms with van der Waals surface area (Å²) in [4.78, 5) is 21.4. The number of hydrogen-bond acceptors (Lipinski definition) is 4. The lowest BCUT2D eigenvalue weighted by molar-refractivity contribution is -0.131. The maximum absolute atomic E-state index is 12.6. The maximum atomic E-state index is 12.6. The zero-order valence-corrected chi connectivity index (χ0v) is 16.3. The van der Waals surface area contributed by atoms with Crippen LogP contribution in [0.2, 0.25) is 0 Å². The van der Waals surface area contributed by atoms with Crippen LogP contribution in [-0.4, -0.2) is 42.0 Å². The molecule has 0 saturated carbocycles. The van der Waals surface area contributed by atoms with Crippen molar-refractivity contribution in [3.63, 3.8) is 0 Å². The highest BCUT2D eigenvalue weighted by Crippen LogP contribution is 2.24. The predicted octanol–water partition coefficient (Wildman–Crippen LogP) is 3.56. The molecule has 140 valence electrons. The topological polar surface area (TPSA) is 49.6 Å². The minimum absolute atomic E-state index is 0.110. The number of carbonyl (C=O) groups excluding carboxylic acids is 1. The number of aromatic nitrogens is 1. The van der Waals surface area contributed by atoms with Gasteiger partial charge < -0.3 is 14.2 Å². The third-order valence-electron chi connectivity index (χ3n) is 4.85. The van der Waals surface area contributed by atoms with E-state index in [9.17, 15) is 4.79 Å². The Morgan fingerprint density at radius 1 is 1.12 bits per heavy atom. The van der Waals surface area contributed by atoms with Crippen molar-refractivity contribution in [1.82, 2.24) is 9.88 Å². The molecular formula is C21H29N3O2. The van der Waals surface area contributed by atoms with Gasteiger partial charge in [-0.2, -0.15) is 0 Å². The zero-order chi connectivity index (χ0) is 18.7. The number of anilines is 1. The molecule has 0 radical (unpaired) electrons. The van der Waals surface area contributed by atoms with Crippen molar-refractivity contribution in [2.24, 2.45) is 0 Å². The maximum Gasteiger partial charge on any atom is 0.223 e. The molecule has 26 heavy (non-hydrogen) atoms. The quantitative estimate of drug-likeness (QED) is 0.841. The highest BCUT2D eigenvalue weighted by molar-refractivity contribution is 5.76. The number of nitrogens with zero attached hydrogens (tertiary/aromatic N) is 3. The van der Waals surface area contributed by atoms with Crippen LogP contribution in [0.15, 0.2) is 34.7 Å². The van der Waals surface area contributed by atoms with Gasteiger partial charge in [0.05, 0.1) is 5.69 Å². The molecule has 0 N–H and O–H groups in total. The van der Waals surface area contributed by atoms with E-state index >= 15 is 0 Å². The number of carbonyl (C=O) groups is 1. The summed E-state index contributed by atoms with van der Waals surface area (Å²) in [6, 6.07) is 10.4. The number of oxazole rings is 1. The van der Waals surface area contributed by atoms with E-state index < -0.39 is 0 Å². The van der Waals surface area contributed by atoms with Crippen LogP contribution in [0.5, 0.6) is 0 Å². The van der Waals surface area contributed by atoms with E-state index in [2.05, 4.69) is 54.9 Å². The Hall–Kier alpha value is -2.30. The van der Waals surface area contributed by atoms with Crippen LogP contribution in [0, 0.1) is 6.92 Å². The van der Waals surface area contributed by atoms with E-state index in [-0.39, 0.29) is 11.3 Å². The molecule has 0 atom stereocenters. The van der Waals surface area contributed by atoms with Crippen LogP contribution in [-0.2, 0) is 16.6 Å². The second-order valence-electron chi connectivity index (χ2n) is 7.98. The molecule has 2 aromatic rings. The molecule has 1 fully saturated rings. The number of hydrogen-bond donors (Lipinski definition) is 0. The third-order valence-corrected chi connectivity index (χ3v) is 4.85. The van der Waals surface area contributed by atoms with Gasteiger partial charge in [0.15, 0.2) is 5.89 Å². The molecule has 3 rings (SSSR count). The van der Waals surface area contributed by atoms with Crippen LogP contribution in [0.4, 0.5) is 5.69 Å². The number of amides is 1. The van der Waals surface area contributed by atoms with Gasteiger partial charge in [0.2, 0.25) is 5.91 Å². The van der Waals surface area contributed by atoms with Gasteiger partial charge in [0, 0.05) is 50.1 Å². The Morgan fingerprint density at radius 3 is 2.35 bits per heavy atom. The molecule has 1 aromatic carbocycles. The molecule has 0 bridgehead atoms. The van der Waals surface area contributed by atoms with Crippen molar-refractivity contribution in [2.75, 3.05) is 31.1 Å². The van der Waals surface area contributed by atoms with Gasteiger partial charge in [-0.05, 0) is 19.1 Å². The van der Waals surface area contributed by atoms with Gasteiger partial charge >= 0.3 is 0 Å². The minimum Gasteiger partial charge on any atom is -0.445 e. The standard InChI is InChI=1S/C21H29N3O2/c1-16-18(26-20(22-16)21(2,3)4)10-11-19(25)24-14-12-23(13-15-24)17-8-6-5-7-9-17/h5-9H,10-15H2,1-4H3. The fraction of sp³-hybridized carbons (Fsp3) is 0.524. The molecule has 5 heteroatoms. The first-order valence-electron chi connectivity index (χ1n) is 9.39. The molecule has 0 aliphatic carbocycles. The predicted molar refractivity (Wildman–Crippen MR) is 103 cm³/mol. The summed E-state index contributed by atoms with van der Waals surface area (Å²) in [5.41, 5.74) is 2.02. The van der Waals surface area contributed by atoms with Crippen molar-refractivity contribution in [3.8, 4) is 0 Å². The summed E-state index contributed by atoms with van der Waals surface area (Å²) in [6.45, 7) is 11.5. The fourth-order valence-corrected chi connectivity index (χ4v) is 3.21. The average Bonchev–Trinajstić information content (AvgIpc) is 3.02. The first-order chi connectivity index (χ1) is 12.3. The highest BCUT2D eigenvalue weighted by atomic mass is 16.4. The number of rotatable bonds is 4. The molecule has 1 amide bonds. The Bertz CT molecular complexity index is 738. The molecule has 1 aliphatic rings. The van der Waals surface area contributed by atoms with Gasteiger partial charge in [-0.3, -0.25) is 4.79 Å². The van der Waals surface area contributed by atoms with Crippen LogP contribution in [0.3, 0.4) is 0 Å². The van der Waals surface area contributed by atoms with Gasteiger partial charge in [-0.1, -0.05) is 39.0 Å². The minimum atomic E-state index is -0.110. The molecule has 5 nitrogen and oxygen atoms in total. The van der Waals surface area contributed by atoms with Gasteiger partial charge in [0.25, 0.3) is 0 Å². The lowest BCUT2D eigenvalue weighted by Gasteiger charge is -2.36. The first kappa shape index (κ1) is 18.5. The van der Waals surface area contributed by atoms with Crippen molar-refractivity contribution in [1.29, 1.82) is 0 Å². The van der Waals surface area contributed by atoms with Crippen molar-refractivity contribution in [2.45, 2.75) is 46.0 Å². The fourth-order valence-electron chi connectivity index (χ4n) is 3.21. The van der Waals surface area contributed by atoms with Crippen LogP contribution in [0.1, 0.15) is 44.5 Å². The number of piperazine rings is 1. The summed E-state index contributed by atoms with van der Waals surface area (Å²) >= 11 is 0. The van der Waals surface area contributed by atoms with Crippen LogP contribution < -0.4 is 4.90 Å². The normalized spacial score (nSPS) is 15.4. The number of aryl methyl sites for hydroxylation is 2. The molecular weight excluding hydrogens is 326 g/mol. The molecule has 0 unspecified atom stereocenters. The van der Waals surface area contributed by atoms with E-state index in [1.165, 1.54) is 5.69 Å². The van der Waals surface area contributed by atoms with Crippen LogP contribution in [0.25, 0.3) is 0 Å².